The van der Waals surface area contributed by atoms with Crippen molar-refractivity contribution in [1.29, 1.82) is 0 Å². The van der Waals surface area contributed by atoms with E-state index in [9.17, 15) is 14.4 Å². The van der Waals surface area contributed by atoms with Crippen molar-refractivity contribution in [3.8, 4) is 11.1 Å². The lowest BCUT2D eigenvalue weighted by atomic mass is 10.0. The van der Waals surface area contributed by atoms with E-state index in [-0.39, 0.29) is 18.4 Å². The number of hydrazine groups is 1. The van der Waals surface area contributed by atoms with Crippen molar-refractivity contribution in [2.24, 2.45) is 0 Å². The summed E-state index contributed by atoms with van der Waals surface area (Å²) in [7, 11) is 0. The number of ether oxygens (including phenoxy) is 1. The quantitative estimate of drug-likeness (QED) is 0.571. The molecule has 1 aliphatic heterocycles. The van der Waals surface area contributed by atoms with Crippen molar-refractivity contribution in [1.82, 2.24) is 10.3 Å². The second-order valence-corrected chi connectivity index (χ2v) is 8.15. The molecule has 1 saturated heterocycles. The number of hydrogen-bond acceptors (Lipinski definition) is 4. The molecule has 1 aliphatic rings. The number of rotatable bonds is 5. The summed E-state index contributed by atoms with van der Waals surface area (Å²) in [4.78, 5) is 39.8. The zero-order chi connectivity index (χ0) is 23.9. The topological polar surface area (TPSA) is 79.0 Å². The van der Waals surface area contributed by atoms with Crippen LogP contribution in [-0.4, -0.2) is 35.4 Å². The molecule has 4 rings (SSSR count). The van der Waals surface area contributed by atoms with E-state index in [1.54, 1.807) is 6.07 Å². The van der Waals surface area contributed by atoms with Crippen LogP contribution in [0.25, 0.3) is 11.1 Å². The van der Waals surface area contributed by atoms with Gasteiger partial charge in [0.15, 0.2) is 0 Å². The van der Waals surface area contributed by atoms with Crippen molar-refractivity contribution in [3.63, 3.8) is 0 Å². The van der Waals surface area contributed by atoms with E-state index in [1.165, 1.54) is 16.8 Å². The number of amides is 3. The zero-order valence-corrected chi connectivity index (χ0v) is 19.0. The molecular formula is C27H27N3O4. The molecule has 1 heterocycles. The molecule has 3 amide bonds. The average molecular weight is 458 g/mol. The van der Waals surface area contributed by atoms with Crippen LogP contribution < -0.4 is 10.4 Å². The van der Waals surface area contributed by atoms with Gasteiger partial charge < -0.3 is 4.74 Å². The van der Waals surface area contributed by atoms with Crippen molar-refractivity contribution in [3.05, 3.63) is 90.5 Å². The minimum Gasteiger partial charge on any atom is -0.445 e. The molecule has 34 heavy (non-hydrogen) atoms. The molecule has 3 aromatic rings. The predicted molar refractivity (Wildman–Crippen MR) is 130 cm³/mol. The second-order valence-electron chi connectivity index (χ2n) is 8.15. The van der Waals surface area contributed by atoms with E-state index in [0.29, 0.717) is 25.1 Å². The highest BCUT2D eigenvalue weighted by atomic mass is 16.6. The first-order valence-electron chi connectivity index (χ1n) is 11.3. The minimum absolute atomic E-state index is 0.131. The van der Waals surface area contributed by atoms with Gasteiger partial charge in [-0.25, -0.2) is 9.80 Å². The van der Waals surface area contributed by atoms with Gasteiger partial charge in [0.25, 0.3) is 5.91 Å². The Morgan fingerprint density at radius 3 is 2.32 bits per heavy atom. The molecular weight excluding hydrogens is 430 g/mol. The average Bonchev–Trinajstić information content (AvgIpc) is 3.37. The number of hydrogen-bond donors (Lipinski definition) is 1. The van der Waals surface area contributed by atoms with Crippen LogP contribution in [0.1, 0.15) is 25.3 Å². The second kappa shape index (κ2) is 10.7. The third-order valence-electron chi connectivity index (χ3n) is 5.68. The summed E-state index contributed by atoms with van der Waals surface area (Å²) in [5.74, 6) is -0.760. The maximum Gasteiger partial charge on any atom is 0.410 e. The molecule has 0 radical (unpaired) electrons. The Balaban J connectivity index is 1.54. The fourth-order valence-corrected chi connectivity index (χ4v) is 4.05. The maximum absolute atomic E-state index is 13.6. The van der Waals surface area contributed by atoms with E-state index in [1.807, 2.05) is 78.9 Å². The molecule has 0 aromatic heterocycles. The monoisotopic (exact) mass is 457 g/mol. The van der Waals surface area contributed by atoms with E-state index in [0.717, 1.165) is 16.7 Å². The summed E-state index contributed by atoms with van der Waals surface area (Å²) < 4.78 is 5.46. The molecule has 1 N–H and O–H groups in total. The Labute approximate surface area is 198 Å². The van der Waals surface area contributed by atoms with Crippen LogP contribution in [0.3, 0.4) is 0 Å². The van der Waals surface area contributed by atoms with E-state index >= 15 is 0 Å². The maximum atomic E-state index is 13.6. The number of benzene rings is 3. The molecule has 3 aromatic carbocycles. The first-order valence-corrected chi connectivity index (χ1v) is 11.3. The predicted octanol–water partition coefficient (Wildman–Crippen LogP) is 4.54. The van der Waals surface area contributed by atoms with Crippen LogP contribution >= 0.6 is 0 Å². The van der Waals surface area contributed by atoms with E-state index < -0.39 is 12.1 Å². The van der Waals surface area contributed by atoms with Crippen LogP contribution in [0.4, 0.5) is 10.5 Å². The van der Waals surface area contributed by atoms with Crippen LogP contribution in [0, 0.1) is 0 Å². The molecule has 7 heteroatoms. The number of carbonyl (C=O) groups is 3. The van der Waals surface area contributed by atoms with Gasteiger partial charge in [-0.2, -0.15) is 0 Å². The molecule has 1 fully saturated rings. The molecule has 174 valence electrons. The Morgan fingerprint density at radius 1 is 0.941 bits per heavy atom. The molecule has 1 atom stereocenters. The van der Waals surface area contributed by atoms with Gasteiger partial charge in [0, 0.05) is 13.5 Å². The first kappa shape index (κ1) is 23.0. The lowest BCUT2D eigenvalue weighted by Crippen LogP contribution is -2.54. The highest BCUT2D eigenvalue weighted by molar-refractivity contribution is 6.01. The van der Waals surface area contributed by atoms with Crippen LogP contribution in [-0.2, 0) is 20.9 Å². The lowest BCUT2D eigenvalue weighted by molar-refractivity contribution is -0.127. The van der Waals surface area contributed by atoms with Crippen molar-refractivity contribution in [2.45, 2.75) is 32.4 Å². The molecule has 7 nitrogen and oxygen atoms in total. The molecule has 0 aliphatic carbocycles. The van der Waals surface area contributed by atoms with Gasteiger partial charge in [0.05, 0.1) is 5.69 Å². The third kappa shape index (κ3) is 5.43. The van der Waals surface area contributed by atoms with Crippen LogP contribution in [0.2, 0.25) is 0 Å². The van der Waals surface area contributed by atoms with E-state index in [2.05, 4.69) is 5.43 Å². The zero-order valence-electron chi connectivity index (χ0n) is 19.0. The van der Waals surface area contributed by atoms with Crippen molar-refractivity contribution in [2.75, 3.05) is 11.6 Å². The van der Waals surface area contributed by atoms with Gasteiger partial charge >= 0.3 is 6.09 Å². The highest BCUT2D eigenvalue weighted by Crippen LogP contribution is 2.27. The minimum atomic E-state index is -0.726. The fraction of sp³-hybridized carbons (Fsp3) is 0.222. The molecule has 0 saturated carbocycles. The number of nitrogens with zero attached hydrogens (tertiary/aromatic N) is 2. The Morgan fingerprint density at radius 2 is 1.62 bits per heavy atom. The summed E-state index contributed by atoms with van der Waals surface area (Å²) in [6, 6.07) is 25.8. The Kier molecular flexibility index (Phi) is 7.22. The van der Waals surface area contributed by atoms with Gasteiger partial charge in [0.2, 0.25) is 5.91 Å². The standard InChI is InChI=1S/C27H27N3O4/c1-20(31)28-30(24-15-8-14-23(18-24)22-12-6-3-7-13-22)26(32)25-16-9-17-29(25)27(33)34-19-21-10-4-2-5-11-21/h2-8,10-15,18,25H,9,16-17,19H2,1H3,(H,28,31). The summed E-state index contributed by atoms with van der Waals surface area (Å²) in [6.07, 6.45) is 0.628. The largest absolute Gasteiger partial charge is 0.445 e. The molecule has 0 spiro atoms. The Hall–Kier alpha value is -4.13. The summed E-state index contributed by atoms with van der Waals surface area (Å²) in [6.45, 7) is 1.90. The lowest BCUT2D eigenvalue weighted by Gasteiger charge is -2.30. The van der Waals surface area contributed by atoms with Crippen molar-refractivity contribution >= 4 is 23.6 Å². The number of likely N-dealkylation sites (tertiary alicyclic amines) is 1. The normalized spacial score (nSPS) is 15.0. The SMILES string of the molecule is CC(=O)NN(C(=O)C1CCCN1C(=O)OCc1ccccc1)c1cccc(-c2ccccc2)c1. The fourth-order valence-electron chi connectivity index (χ4n) is 4.05. The van der Waals surface area contributed by atoms with Gasteiger partial charge in [-0.05, 0) is 41.7 Å². The summed E-state index contributed by atoms with van der Waals surface area (Å²) in [5, 5.41) is 1.24. The van der Waals surface area contributed by atoms with Crippen molar-refractivity contribution < 1.29 is 19.1 Å². The van der Waals surface area contributed by atoms with Crippen LogP contribution in [0.5, 0.6) is 0 Å². The highest BCUT2D eigenvalue weighted by Gasteiger charge is 2.38. The summed E-state index contributed by atoms with van der Waals surface area (Å²) >= 11 is 0. The summed E-state index contributed by atoms with van der Waals surface area (Å²) in [5.41, 5.74) is 5.93. The van der Waals surface area contributed by atoms with Crippen LogP contribution in [0.15, 0.2) is 84.9 Å². The van der Waals surface area contributed by atoms with Gasteiger partial charge in [-0.3, -0.25) is 19.9 Å². The van der Waals surface area contributed by atoms with Gasteiger partial charge in [-0.1, -0.05) is 72.8 Å². The van der Waals surface area contributed by atoms with Gasteiger partial charge in [0.1, 0.15) is 12.6 Å². The number of anilines is 1. The third-order valence-corrected chi connectivity index (χ3v) is 5.68. The number of nitrogens with one attached hydrogen (secondary N) is 1. The van der Waals surface area contributed by atoms with Gasteiger partial charge in [-0.15, -0.1) is 0 Å². The number of carbonyl (C=O) groups excluding carboxylic acids is 3. The van der Waals surface area contributed by atoms with E-state index in [4.69, 9.17) is 4.74 Å². The molecule has 0 bridgehead atoms. The smallest absolute Gasteiger partial charge is 0.410 e. The first-order chi connectivity index (χ1) is 16.5. The Bertz CT molecular complexity index is 1150. The molecule has 1 unspecified atom stereocenters.